The molecule has 0 aliphatic heterocycles. The van der Waals surface area contributed by atoms with Gasteiger partial charge in [-0.05, 0) is 32.1 Å². The molecule has 8 heteroatoms. The van der Waals surface area contributed by atoms with Gasteiger partial charge in [0.1, 0.15) is 6.10 Å². The van der Waals surface area contributed by atoms with Gasteiger partial charge in [-0.3, -0.25) is 9.11 Å². The minimum absolute atomic E-state index is 0.215. The van der Waals surface area contributed by atoms with E-state index in [9.17, 15) is 0 Å². The van der Waals surface area contributed by atoms with Crippen LogP contribution in [-0.2, 0) is 15.1 Å². The van der Waals surface area contributed by atoms with Crippen molar-refractivity contribution in [3.8, 4) is 0 Å². The van der Waals surface area contributed by atoms with E-state index in [-0.39, 0.29) is 13.2 Å². The van der Waals surface area contributed by atoms with Gasteiger partial charge in [0.15, 0.2) is 0 Å². The van der Waals surface area contributed by atoms with Crippen molar-refractivity contribution in [1.82, 2.24) is 0 Å². The van der Waals surface area contributed by atoms with Crippen LogP contribution in [0.15, 0.2) is 12.2 Å². The van der Waals surface area contributed by atoms with E-state index in [1.54, 1.807) is 0 Å². The highest BCUT2D eigenvalue weighted by Crippen LogP contribution is 2.10. The van der Waals surface area contributed by atoms with Crippen molar-refractivity contribution >= 4 is 10.4 Å². The van der Waals surface area contributed by atoms with Crippen LogP contribution in [0.4, 0.5) is 0 Å². The van der Waals surface area contributed by atoms with Crippen LogP contribution in [-0.4, -0.2) is 53.7 Å². The highest BCUT2D eigenvalue weighted by atomic mass is 32.3. The van der Waals surface area contributed by atoms with Gasteiger partial charge in [0.25, 0.3) is 0 Å². The van der Waals surface area contributed by atoms with E-state index in [2.05, 4.69) is 19.1 Å². The molecule has 0 radical (unpaired) electrons. The molecular weight excluding hydrogens is 396 g/mol. The van der Waals surface area contributed by atoms with Crippen LogP contribution in [0.2, 0.25) is 0 Å². The monoisotopic (exact) mass is 440 g/mol. The fourth-order valence-electron chi connectivity index (χ4n) is 2.72. The molecule has 1 atom stereocenters. The molecule has 0 aromatic heterocycles. The van der Waals surface area contributed by atoms with Crippen LogP contribution < -0.4 is 0 Å². The molecule has 0 heterocycles. The number of aliphatic hydroxyl groups is 2. The minimum Gasteiger partial charge on any atom is -0.394 e. The summed E-state index contributed by atoms with van der Waals surface area (Å²) >= 11 is 0. The van der Waals surface area contributed by atoms with Crippen molar-refractivity contribution in [1.29, 1.82) is 0 Å². The van der Waals surface area contributed by atoms with Crippen molar-refractivity contribution in [2.75, 3.05) is 19.8 Å². The van der Waals surface area contributed by atoms with Gasteiger partial charge in [0, 0.05) is 6.61 Å². The van der Waals surface area contributed by atoms with Crippen LogP contribution in [0.3, 0.4) is 0 Å². The summed E-state index contributed by atoms with van der Waals surface area (Å²) in [6.45, 7) is 3.00. The third kappa shape index (κ3) is 38.7. The van der Waals surface area contributed by atoms with E-state index in [4.69, 9.17) is 32.5 Å². The van der Waals surface area contributed by atoms with Gasteiger partial charge in [0.05, 0.1) is 13.2 Å². The third-order valence-electron chi connectivity index (χ3n) is 4.32. The molecule has 0 rings (SSSR count). The van der Waals surface area contributed by atoms with Gasteiger partial charge in [-0.25, -0.2) is 0 Å². The van der Waals surface area contributed by atoms with E-state index in [1.807, 2.05) is 0 Å². The predicted octanol–water partition coefficient (Wildman–Crippen LogP) is 4.74. The number of aliphatic hydroxyl groups excluding tert-OH is 2. The Bertz CT molecular complexity index is 430. The lowest BCUT2D eigenvalue weighted by atomic mass is 10.1. The van der Waals surface area contributed by atoms with Gasteiger partial charge in [-0.2, -0.15) is 8.42 Å². The number of ether oxygens (including phenoxy) is 1. The molecule has 0 aromatic rings. The Morgan fingerprint density at radius 3 is 1.66 bits per heavy atom. The van der Waals surface area contributed by atoms with E-state index >= 15 is 0 Å². The fraction of sp³-hybridized carbons (Fsp3) is 0.905. The number of hydrogen-bond donors (Lipinski definition) is 4. The summed E-state index contributed by atoms with van der Waals surface area (Å²) in [5, 5.41) is 17.8. The van der Waals surface area contributed by atoms with Crippen molar-refractivity contribution in [2.24, 2.45) is 0 Å². The largest absolute Gasteiger partial charge is 0.394 e. The first-order valence-corrected chi connectivity index (χ1v) is 12.4. The Kier molecular flexibility index (Phi) is 25.1. The molecule has 0 bridgehead atoms. The first kappa shape index (κ1) is 30.7. The summed E-state index contributed by atoms with van der Waals surface area (Å²) < 4.78 is 36.9. The standard InChI is InChI=1S/C21H42O3.H2O4S/c1-2-3-4-5-6-7-8-9-10-11-12-13-14-15-16-17-18-24-20-21(23)19-22;1-5(2,3)4/h9-10,21-23H,2-8,11-20H2,1H3;(H2,1,2,3,4). The van der Waals surface area contributed by atoms with Crippen LogP contribution in [0.1, 0.15) is 96.8 Å². The SMILES string of the molecule is CCCCCCCCC=CCCCCCCCCOCC(O)CO.O=S(=O)(O)O. The second-order valence-corrected chi connectivity index (χ2v) is 8.19. The van der Waals surface area contributed by atoms with E-state index in [1.165, 1.54) is 83.5 Å². The Hall–Kier alpha value is -0.510. The lowest BCUT2D eigenvalue weighted by Crippen LogP contribution is -2.19. The predicted molar refractivity (Wildman–Crippen MR) is 118 cm³/mol. The summed E-state index contributed by atoms with van der Waals surface area (Å²) in [4.78, 5) is 0. The third-order valence-corrected chi connectivity index (χ3v) is 4.32. The summed E-state index contributed by atoms with van der Waals surface area (Å²) in [5.74, 6) is 0. The normalized spacial score (nSPS) is 12.7. The van der Waals surface area contributed by atoms with Crippen molar-refractivity contribution in [3.63, 3.8) is 0 Å². The van der Waals surface area contributed by atoms with Crippen LogP contribution in [0, 0.1) is 0 Å². The molecule has 0 aliphatic rings. The van der Waals surface area contributed by atoms with E-state index in [0.717, 1.165) is 6.42 Å². The van der Waals surface area contributed by atoms with E-state index < -0.39 is 16.5 Å². The first-order valence-electron chi connectivity index (χ1n) is 11.0. The molecule has 29 heavy (non-hydrogen) atoms. The average Bonchev–Trinajstić information content (AvgIpc) is 2.65. The molecule has 0 spiro atoms. The van der Waals surface area contributed by atoms with Gasteiger partial charge in [0.2, 0.25) is 0 Å². The number of rotatable bonds is 19. The number of allylic oxidation sites excluding steroid dienone is 2. The topological polar surface area (TPSA) is 124 Å². The second-order valence-electron chi connectivity index (χ2n) is 7.30. The van der Waals surface area contributed by atoms with Gasteiger partial charge < -0.3 is 14.9 Å². The zero-order chi connectivity index (χ0) is 22.2. The number of unbranched alkanes of at least 4 members (excludes halogenated alkanes) is 12. The van der Waals surface area contributed by atoms with Gasteiger partial charge >= 0.3 is 10.4 Å². The summed E-state index contributed by atoms with van der Waals surface area (Å²) in [6, 6.07) is 0. The molecule has 7 nitrogen and oxygen atoms in total. The Morgan fingerprint density at radius 2 is 1.21 bits per heavy atom. The summed E-state index contributed by atoms with van der Waals surface area (Å²) in [7, 11) is -4.67. The van der Waals surface area contributed by atoms with Crippen molar-refractivity contribution in [2.45, 2.75) is 103 Å². The highest BCUT2D eigenvalue weighted by molar-refractivity contribution is 7.79. The molecule has 0 amide bonds. The maximum absolute atomic E-state index is 9.11. The van der Waals surface area contributed by atoms with Crippen LogP contribution >= 0.6 is 0 Å². The first-order chi connectivity index (χ1) is 13.8. The highest BCUT2D eigenvalue weighted by Gasteiger charge is 2.00. The molecule has 0 saturated carbocycles. The van der Waals surface area contributed by atoms with Crippen molar-refractivity contribution in [3.05, 3.63) is 12.2 Å². The molecule has 0 aromatic carbocycles. The molecule has 1 unspecified atom stereocenters. The van der Waals surface area contributed by atoms with E-state index in [0.29, 0.717) is 6.61 Å². The Balaban J connectivity index is 0. The Labute approximate surface area is 178 Å². The van der Waals surface area contributed by atoms with Gasteiger partial charge in [-0.15, -0.1) is 0 Å². The maximum Gasteiger partial charge on any atom is 0.394 e. The zero-order valence-electron chi connectivity index (χ0n) is 18.2. The van der Waals surface area contributed by atoms with Crippen molar-refractivity contribution < 1.29 is 32.5 Å². The molecule has 0 fully saturated rings. The summed E-state index contributed by atoms with van der Waals surface area (Å²) in [6.07, 6.45) is 22.3. The molecule has 0 saturated heterocycles. The molecule has 4 N–H and O–H groups in total. The Morgan fingerprint density at radius 1 is 0.793 bits per heavy atom. The number of hydrogen-bond acceptors (Lipinski definition) is 5. The van der Waals surface area contributed by atoms with Gasteiger partial charge in [-0.1, -0.05) is 76.9 Å². The lowest BCUT2D eigenvalue weighted by molar-refractivity contribution is 0.00526. The zero-order valence-corrected chi connectivity index (χ0v) is 19.0. The van der Waals surface area contributed by atoms with Crippen LogP contribution in [0.25, 0.3) is 0 Å². The fourth-order valence-corrected chi connectivity index (χ4v) is 2.72. The molecule has 176 valence electrons. The molecular formula is C21H44O7S. The average molecular weight is 441 g/mol. The minimum atomic E-state index is -4.67. The summed E-state index contributed by atoms with van der Waals surface area (Å²) in [5.41, 5.74) is 0. The second kappa shape index (κ2) is 23.8. The van der Waals surface area contributed by atoms with Crippen LogP contribution in [0.5, 0.6) is 0 Å². The smallest absolute Gasteiger partial charge is 0.394 e. The quantitative estimate of drug-likeness (QED) is 0.130. The maximum atomic E-state index is 9.11. The molecule has 0 aliphatic carbocycles. The lowest BCUT2D eigenvalue weighted by Gasteiger charge is -2.07.